The van der Waals surface area contributed by atoms with E-state index in [1.54, 1.807) is 4.90 Å². The number of nitrogens with one attached hydrogen (secondary N) is 2. The van der Waals surface area contributed by atoms with Gasteiger partial charge in [0.25, 0.3) is 0 Å². The molecule has 0 radical (unpaired) electrons. The number of likely N-dealkylation sites (tertiary alicyclic amines) is 1. The number of likely N-dealkylation sites (N-methyl/N-ethyl adjacent to an activating group) is 1. The predicted octanol–water partition coefficient (Wildman–Crippen LogP) is 2.27. The van der Waals surface area contributed by atoms with Gasteiger partial charge in [-0.15, -0.1) is 0 Å². The maximum Gasteiger partial charge on any atom is 0.318 e. The maximum absolute atomic E-state index is 13.0. The third-order valence-corrected chi connectivity index (χ3v) is 5.38. The van der Waals surface area contributed by atoms with Crippen molar-refractivity contribution in [3.63, 3.8) is 0 Å². The molecule has 0 aromatic heterocycles. The lowest BCUT2D eigenvalue weighted by atomic mass is 9.97. The lowest BCUT2D eigenvalue weighted by Gasteiger charge is -2.33. The van der Waals surface area contributed by atoms with Crippen molar-refractivity contribution in [3.05, 3.63) is 29.8 Å². The molecule has 1 fully saturated rings. The number of anilines is 1. The van der Waals surface area contributed by atoms with E-state index < -0.39 is 6.04 Å². The molecule has 3 atom stereocenters. The van der Waals surface area contributed by atoms with E-state index in [2.05, 4.69) is 29.5 Å². The van der Waals surface area contributed by atoms with Crippen LogP contribution in [0.1, 0.15) is 32.3 Å². The fraction of sp³-hybridized carbons (Fsp3) is 0.579. The average Bonchev–Trinajstić information content (AvgIpc) is 2.92. The molecule has 25 heavy (non-hydrogen) atoms. The van der Waals surface area contributed by atoms with Gasteiger partial charge in [-0.05, 0) is 37.6 Å². The van der Waals surface area contributed by atoms with Crippen LogP contribution in [0.15, 0.2) is 24.3 Å². The molecule has 2 heterocycles. The molecule has 6 heteroatoms. The van der Waals surface area contributed by atoms with Crippen LogP contribution in [0, 0.1) is 5.92 Å². The molecule has 0 unspecified atom stereocenters. The van der Waals surface area contributed by atoms with Crippen molar-refractivity contribution in [2.45, 2.75) is 45.3 Å². The first-order valence-electron chi connectivity index (χ1n) is 9.14. The monoisotopic (exact) mass is 344 g/mol. The first kappa shape index (κ1) is 17.7. The van der Waals surface area contributed by atoms with E-state index in [1.165, 1.54) is 0 Å². The minimum atomic E-state index is -0.462. The quantitative estimate of drug-likeness (QED) is 0.884. The fourth-order valence-electron chi connectivity index (χ4n) is 3.71. The number of carbonyl (C=O) groups excluding carboxylic acids is 2. The molecule has 3 amide bonds. The van der Waals surface area contributed by atoms with E-state index >= 15 is 0 Å². The molecule has 2 aliphatic rings. The van der Waals surface area contributed by atoms with Gasteiger partial charge in [0.1, 0.15) is 6.04 Å². The van der Waals surface area contributed by atoms with Crippen LogP contribution in [-0.4, -0.2) is 54.0 Å². The van der Waals surface area contributed by atoms with E-state index in [0.717, 1.165) is 37.2 Å². The Kier molecular flexibility index (Phi) is 5.27. The van der Waals surface area contributed by atoms with Gasteiger partial charge >= 0.3 is 6.03 Å². The van der Waals surface area contributed by atoms with Gasteiger partial charge < -0.3 is 20.4 Å². The topological polar surface area (TPSA) is 64.7 Å². The summed E-state index contributed by atoms with van der Waals surface area (Å²) in [5.74, 6) is -0.00990. The Balaban J connectivity index is 1.85. The van der Waals surface area contributed by atoms with Crippen molar-refractivity contribution >= 4 is 17.6 Å². The van der Waals surface area contributed by atoms with Crippen LogP contribution in [0.4, 0.5) is 10.5 Å². The number of rotatable bonds is 3. The molecule has 0 saturated carbocycles. The molecule has 1 aromatic carbocycles. The SMILES string of the molecule is CC[C@H](C)[C@H]1C(=O)Nc2ccccc2CN1C(=O)N[C@H]1CCN(C)C1. The lowest BCUT2D eigenvalue weighted by Crippen LogP contribution is -2.54. The van der Waals surface area contributed by atoms with E-state index in [-0.39, 0.29) is 23.9 Å². The Hall–Kier alpha value is -2.08. The summed E-state index contributed by atoms with van der Waals surface area (Å²) in [6.45, 7) is 6.37. The van der Waals surface area contributed by atoms with Crippen molar-refractivity contribution < 1.29 is 9.59 Å². The molecule has 0 bridgehead atoms. The third kappa shape index (κ3) is 3.79. The van der Waals surface area contributed by atoms with Gasteiger partial charge in [0.05, 0.1) is 6.54 Å². The predicted molar refractivity (Wildman–Crippen MR) is 98.3 cm³/mol. The molecule has 2 aliphatic heterocycles. The van der Waals surface area contributed by atoms with E-state index in [4.69, 9.17) is 0 Å². The standard InChI is InChI=1S/C19H28N4O2/c1-4-13(2)17-18(24)21-16-8-6-5-7-14(16)11-23(17)19(25)20-15-9-10-22(3)12-15/h5-8,13,15,17H,4,9-12H2,1-3H3,(H,20,25)(H,21,24)/t13-,15-,17-/m0/s1. The number of fused-ring (bicyclic) bond motifs is 1. The van der Waals surface area contributed by atoms with E-state index in [1.807, 2.05) is 31.2 Å². The van der Waals surface area contributed by atoms with Crippen LogP contribution in [0.3, 0.4) is 0 Å². The smallest absolute Gasteiger partial charge is 0.318 e. The Morgan fingerprint density at radius 2 is 2.16 bits per heavy atom. The van der Waals surface area contributed by atoms with Gasteiger partial charge in [0, 0.05) is 18.3 Å². The van der Waals surface area contributed by atoms with Crippen molar-refractivity contribution in [3.8, 4) is 0 Å². The van der Waals surface area contributed by atoms with Crippen LogP contribution in [-0.2, 0) is 11.3 Å². The zero-order valence-corrected chi connectivity index (χ0v) is 15.3. The summed E-state index contributed by atoms with van der Waals surface area (Å²) in [6.07, 6.45) is 1.79. The van der Waals surface area contributed by atoms with Gasteiger partial charge in [-0.2, -0.15) is 0 Å². The number of para-hydroxylation sites is 1. The number of hydrogen-bond donors (Lipinski definition) is 2. The third-order valence-electron chi connectivity index (χ3n) is 5.38. The average molecular weight is 344 g/mol. The minimum Gasteiger partial charge on any atom is -0.334 e. The number of benzene rings is 1. The van der Waals surface area contributed by atoms with Crippen LogP contribution in [0.5, 0.6) is 0 Å². The van der Waals surface area contributed by atoms with Crippen LogP contribution in [0.2, 0.25) is 0 Å². The highest BCUT2D eigenvalue weighted by Gasteiger charge is 2.37. The van der Waals surface area contributed by atoms with E-state index in [9.17, 15) is 9.59 Å². The number of nitrogens with zero attached hydrogens (tertiary/aromatic N) is 2. The van der Waals surface area contributed by atoms with Crippen LogP contribution >= 0.6 is 0 Å². The summed E-state index contributed by atoms with van der Waals surface area (Å²) >= 11 is 0. The molecule has 0 spiro atoms. The summed E-state index contributed by atoms with van der Waals surface area (Å²) in [5, 5.41) is 6.14. The first-order chi connectivity index (χ1) is 12.0. The largest absolute Gasteiger partial charge is 0.334 e. The van der Waals surface area contributed by atoms with E-state index in [0.29, 0.717) is 6.54 Å². The molecular formula is C19H28N4O2. The van der Waals surface area contributed by atoms with Gasteiger partial charge in [-0.25, -0.2) is 4.79 Å². The summed E-state index contributed by atoms with van der Waals surface area (Å²) in [5.41, 5.74) is 1.78. The van der Waals surface area contributed by atoms with Gasteiger partial charge in [0.15, 0.2) is 0 Å². The number of urea groups is 1. The second-order valence-corrected chi connectivity index (χ2v) is 7.30. The molecule has 1 aromatic rings. The van der Waals surface area contributed by atoms with Gasteiger partial charge in [0.2, 0.25) is 5.91 Å². The Morgan fingerprint density at radius 1 is 1.40 bits per heavy atom. The van der Waals surface area contributed by atoms with Gasteiger partial charge in [-0.1, -0.05) is 38.5 Å². The molecule has 3 rings (SSSR count). The van der Waals surface area contributed by atoms with Crippen molar-refractivity contribution in [1.29, 1.82) is 0 Å². The van der Waals surface area contributed by atoms with Crippen molar-refractivity contribution in [2.24, 2.45) is 5.92 Å². The normalized spacial score (nSPS) is 25.1. The number of carbonyl (C=O) groups is 2. The maximum atomic E-state index is 13.0. The second-order valence-electron chi connectivity index (χ2n) is 7.30. The molecule has 0 aliphatic carbocycles. The van der Waals surface area contributed by atoms with Crippen molar-refractivity contribution in [1.82, 2.24) is 15.1 Å². The minimum absolute atomic E-state index is 0.0892. The number of amides is 3. The summed E-state index contributed by atoms with van der Waals surface area (Å²) < 4.78 is 0. The highest BCUT2D eigenvalue weighted by molar-refractivity contribution is 5.98. The van der Waals surface area contributed by atoms with Crippen molar-refractivity contribution in [2.75, 3.05) is 25.5 Å². The highest BCUT2D eigenvalue weighted by Crippen LogP contribution is 2.27. The molecule has 6 nitrogen and oxygen atoms in total. The Labute approximate surface area is 149 Å². The fourth-order valence-corrected chi connectivity index (χ4v) is 3.71. The molecule has 2 N–H and O–H groups in total. The lowest BCUT2D eigenvalue weighted by molar-refractivity contribution is -0.121. The Morgan fingerprint density at radius 3 is 2.84 bits per heavy atom. The van der Waals surface area contributed by atoms with Crippen LogP contribution in [0.25, 0.3) is 0 Å². The molecule has 1 saturated heterocycles. The summed E-state index contributed by atoms with van der Waals surface area (Å²) in [4.78, 5) is 29.8. The Bertz CT molecular complexity index is 648. The zero-order valence-electron chi connectivity index (χ0n) is 15.3. The molecular weight excluding hydrogens is 316 g/mol. The highest BCUT2D eigenvalue weighted by atomic mass is 16.2. The second kappa shape index (κ2) is 7.44. The molecule has 136 valence electrons. The summed E-state index contributed by atoms with van der Waals surface area (Å²) in [6, 6.07) is 7.26. The zero-order chi connectivity index (χ0) is 18.0. The van der Waals surface area contributed by atoms with Crippen LogP contribution < -0.4 is 10.6 Å². The van der Waals surface area contributed by atoms with Gasteiger partial charge in [-0.3, -0.25) is 4.79 Å². The number of hydrogen-bond acceptors (Lipinski definition) is 3. The summed E-state index contributed by atoms with van der Waals surface area (Å²) in [7, 11) is 2.06. The first-order valence-corrected chi connectivity index (χ1v) is 9.14.